The highest BCUT2D eigenvalue weighted by molar-refractivity contribution is 5.11. The molecule has 0 aromatic heterocycles. The average molecular weight is 351 g/mol. The first kappa shape index (κ1) is 18.3. The van der Waals surface area contributed by atoms with E-state index in [2.05, 4.69) is 13.8 Å². The minimum Gasteiger partial charge on any atom is -0.393 e. The summed E-state index contributed by atoms with van der Waals surface area (Å²) in [6.07, 6.45) is 10.7. The lowest BCUT2D eigenvalue weighted by Gasteiger charge is -2.63. The van der Waals surface area contributed by atoms with E-state index in [4.69, 9.17) is 4.74 Å². The van der Waals surface area contributed by atoms with Crippen LogP contribution >= 0.6 is 0 Å². The van der Waals surface area contributed by atoms with E-state index >= 15 is 0 Å². The lowest BCUT2D eigenvalue weighted by atomic mass is 9.44. The van der Waals surface area contributed by atoms with E-state index in [0.29, 0.717) is 17.9 Å². The monoisotopic (exact) mass is 350 g/mol. The maximum Gasteiger partial charge on any atom is 0.117 e. The van der Waals surface area contributed by atoms with E-state index in [1.165, 1.54) is 44.9 Å². The molecule has 2 N–H and O–H groups in total. The molecule has 0 bridgehead atoms. The van der Waals surface area contributed by atoms with Crippen LogP contribution < -0.4 is 0 Å². The Morgan fingerprint density at radius 3 is 2.56 bits per heavy atom. The summed E-state index contributed by atoms with van der Waals surface area (Å²) in [7, 11) is 0. The van der Waals surface area contributed by atoms with Crippen LogP contribution in [0.5, 0.6) is 0 Å². The fourth-order valence-electron chi connectivity index (χ4n) is 8.08. The Hall–Kier alpha value is -0.120. The van der Waals surface area contributed by atoms with Crippen molar-refractivity contribution in [3.05, 3.63) is 0 Å². The molecule has 4 aliphatic rings. The molecule has 4 saturated carbocycles. The SMILES string of the molecule is CCOC1(CO)C[C@@]2(C)C(CC[C@@H]3[C@H]2CC[C@]2(C)CCC[C@@H]32)CC1O. The molecule has 3 heteroatoms. The zero-order valence-corrected chi connectivity index (χ0v) is 16.5. The maximum atomic E-state index is 10.8. The van der Waals surface area contributed by atoms with Crippen molar-refractivity contribution in [1.82, 2.24) is 0 Å². The molecular weight excluding hydrogens is 312 g/mol. The number of ether oxygens (including phenoxy) is 1. The maximum absolute atomic E-state index is 10.8. The van der Waals surface area contributed by atoms with Gasteiger partial charge >= 0.3 is 0 Å². The number of aliphatic hydroxyl groups excluding tert-OH is 2. The summed E-state index contributed by atoms with van der Waals surface area (Å²) in [6.45, 7) is 7.52. The Labute approximate surface area is 153 Å². The number of aliphatic hydroxyl groups is 2. The van der Waals surface area contributed by atoms with Gasteiger partial charge in [-0.2, -0.15) is 0 Å². The van der Waals surface area contributed by atoms with Crippen LogP contribution in [0.1, 0.15) is 78.6 Å². The lowest BCUT2D eigenvalue weighted by molar-refractivity contribution is -0.228. The molecule has 3 nitrogen and oxygen atoms in total. The molecule has 25 heavy (non-hydrogen) atoms. The fourth-order valence-corrected chi connectivity index (χ4v) is 8.08. The summed E-state index contributed by atoms with van der Waals surface area (Å²) < 4.78 is 6.03. The van der Waals surface area contributed by atoms with Crippen molar-refractivity contribution in [3.63, 3.8) is 0 Å². The van der Waals surface area contributed by atoms with Crippen LogP contribution in [0.3, 0.4) is 0 Å². The number of rotatable bonds is 3. The van der Waals surface area contributed by atoms with Gasteiger partial charge in [-0.05, 0) is 92.8 Å². The quantitative estimate of drug-likeness (QED) is 0.803. The third-order valence-electron chi connectivity index (χ3n) is 9.34. The van der Waals surface area contributed by atoms with Gasteiger partial charge in [-0.15, -0.1) is 0 Å². The van der Waals surface area contributed by atoms with Crippen LogP contribution in [-0.2, 0) is 4.74 Å². The molecule has 3 unspecified atom stereocenters. The second-order valence-corrected chi connectivity index (χ2v) is 10.3. The van der Waals surface area contributed by atoms with Crippen LogP contribution in [0.4, 0.5) is 0 Å². The Morgan fingerprint density at radius 1 is 1.04 bits per heavy atom. The minimum absolute atomic E-state index is 0.0527. The standard InChI is InChI=1S/C22H38O3/c1-4-25-22(14-23)13-21(3)15(12-19(22)24)7-8-16-17-6-5-10-20(17,2)11-9-18(16)21/h15-19,23-24H,4-14H2,1-3H3/t15?,16-,17-,18+,19?,20-,21-,22?/m0/s1. The van der Waals surface area contributed by atoms with Gasteiger partial charge in [-0.25, -0.2) is 0 Å². The predicted octanol–water partition coefficient (Wildman–Crippen LogP) is 4.16. The van der Waals surface area contributed by atoms with E-state index in [-0.39, 0.29) is 12.0 Å². The molecule has 4 fully saturated rings. The summed E-state index contributed by atoms with van der Waals surface area (Å²) in [6, 6.07) is 0. The van der Waals surface area contributed by atoms with Gasteiger partial charge in [-0.1, -0.05) is 20.3 Å². The molecule has 8 atom stereocenters. The van der Waals surface area contributed by atoms with Gasteiger partial charge in [0, 0.05) is 6.61 Å². The van der Waals surface area contributed by atoms with Crippen molar-refractivity contribution in [3.8, 4) is 0 Å². The first-order valence-corrected chi connectivity index (χ1v) is 10.8. The van der Waals surface area contributed by atoms with Crippen LogP contribution in [-0.4, -0.2) is 35.1 Å². The predicted molar refractivity (Wildman–Crippen MR) is 99.2 cm³/mol. The van der Waals surface area contributed by atoms with Crippen LogP contribution in [0.25, 0.3) is 0 Å². The topological polar surface area (TPSA) is 49.7 Å². The van der Waals surface area contributed by atoms with E-state index in [1.54, 1.807) is 0 Å². The zero-order chi connectivity index (χ0) is 17.9. The van der Waals surface area contributed by atoms with Crippen molar-refractivity contribution in [2.45, 2.75) is 90.3 Å². The van der Waals surface area contributed by atoms with Gasteiger partial charge in [0.25, 0.3) is 0 Å². The highest BCUT2D eigenvalue weighted by Crippen LogP contribution is 2.67. The molecule has 0 aromatic carbocycles. The Morgan fingerprint density at radius 2 is 1.84 bits per heavy atom. The van der Waals surface area contributed by atoms with Crippen LogP contribution in [0.15, 0.2) is 0 Å². The van der Waals surface area contributed by atoms with Crippen molar-refractivity contribution < 1.29 is 14.9 Å². The molecule has 144 valence electrons. The van der Waals surface area contributed by atoms with Crippen LogP contribution in [0.2, 0.25) is 0 Å². The highest BCUT2D eigenvalue weighted by atomic mass is 16.5. The zero-order valence-electron chi connectivity index (χ0n) is 16.5. The van der Waals surface area contributed by atoms with E-state index < -0.39 is 11.7 Å². The molecular formula is C22H38O3. The lowest BCUT2D eigenvalue weighted by Crippen LogP contribution is -2.62. The van der Waals surface area contributed by atoms with Crippen molar-refractivity contribution in [2.75, 3.05) is 13.2 Å². The van der Waals surface area contributed by atoms with E-state index in [9.17, 15) is 10.2 Å². The molecule has 4 rings (SSSR count). The van der Waals surface area contributed by atoms with Gasteiger partial charge in [0.05, 0.1) is 12.7 Å². The molecule has 0 radical (unpaired) electrons. The second-order valence-electron chi connectivity index (χ2n) is 10.3. The largest absolute Gasteiger partial charge is 0.393 e. The number of fused-ring (bicyclic) bond motifs is 5. The Bertz CT molecular complexity index is 508. The molecule has 4 aliphatic carbocycles. The van der Waals surface area contributed by atoms with Gasteiger partial charge < -0.3 is 14.9 Å². The fraction of sp³-hybridized carbons (Fsp3) is 1.00. The second kappa shape index (κ2) is 6.21. The number of hydrogen-bond donors (Lipinski definition) is 2. The molecule has 0 heterocycles. The first-order valence-electron chi connectivity index (χ1n) is 10.8. The van der Waals surface area contributed by atoms with Gasteiger partial charge in [0.1, 0.15) is 5.60 Å². The van der Waals surface area contributed by atoms with E-state index in [1.807, 2.05) is 6.92 Å². The van der Waals surface area contributed by atoms with Gasteiger partial charge in [0.15, 0.2) is 0 Å². The highest BCUT2D eigenvalue weighted by Gasteiger charge is 2.62. The molecule has 0 saturated heterocycles. The summed E-state index contributed by atoms with van der Waals surface area (Å²) >= 11 is 0. The summed E-state index contributed by atoms with van der Waals surface area (Å²) in [4.78, 5) is 0. The van der Waals surface area contributed by atoms with Crippen molar-refractivity contribution >= 4 is 0 Å². The Kier molecular flexibility index (Phi) is 4.53. The third-order valence-corrected chi connectivity index (χ3v) is 9.34. The van der Waals surface area contributed by atoms with E-state index in [0.717, 1.165) is 30.6 Å². The van der Waals surface area contributed by atoms with Crippen molar-refractivity contribution in [2.24, 2.45) is 34.5 Å². The first-order chi connectivity index (χ1) is 11.9. The third kappa shape index (κ3) is 2.56. The summed E-state index contributed by atoms with van der Waals surface area (Å²) in [5.74, 6) is 3.11. The Balaban J connectivity index is 1.65. The van der Waals surface area contributed by atoms with Gasteiger partial charge in [-0.3, -0.25) is 0 Å². The molecule has 0 aliphatic heterocycles. The number of hydrogen-bond acceptors (Lipinski definition) is 3. The summed E-state index contributed by atoms with van der Waals surface area (Å²) in [5.41, 5.74) is 0.0643. The minimum atomic E-state index is -0.738. The molecule has 0 amide bonds. The van der Waals surface area contributed by atoms with Gasteiger partial charge in [0.2, 0.25) is 0 Å². The normalized spacial score (nSPS) is 55.3. The summed E-state index contributed by atoms with van der Waals surface area (Å²) in [5, 5.41) is 21.0. The molecule has 0 spiro atoms. The molecule has 0 aromatic rings. The average Bonchev–Trinajstić information content (AvgIpc) is 2.98. The van der Waals surface area contributed by atoms with Crippen molar-refractivity contribution in [1.29, 1.82) is 0 Å². The van der Waals surface area contributed by atoms with Crippen LogP contribution in [0, 0.1) is 34.5 Å². The smallest absolute Gasteiger partial charge is 0.117 e.